The standard InChI is InChI=1S/C19H27F3N4O.HI/c1-3-23-18(24-11-5-8-17(27)26-16-9-10-16)25-13(2)14-6-4-7-15(12-14)19(20,21)22;/h4,6-7,12-13,16H,3,5,8-11H2,1-2H3,(H,26,27)(H2,23,24,25);1H. The van der Waals surface area contributed by atoms with Crippen LogP contribution in [0.25, 0.3) is 0 Å². The first-order valence-corrected chi connectivity index (χ1v) is 9.31. The predicted octanol–water partition coefficient (Wildman–Crippen LogP) is 4.00. The first-order chi connectivity index (χ1) is 12.8. The van der Waals surface area contributed by atoms with Gasteiger partial charge in [0.15, 0.2) is 5.96 Å². The topological polar surface area (TPSA) is 65.5 Å². The van der Waals surface area contributed by atoms with E-state index in [0.29, 0.717) is 43.5 Å². The van der Waals surface area contributed by atoms with E-state index in [0.717, 1.165) is 25.0 Å². The van der Waals surface area contributed by atoms with Crippen molar-refractivity contribution in [3.05, 3.63) is 35.4 Å². The fourth-order valence-corrected chi connectivity index (χ4v) is 2.55. The van der Waals surface area contributed by atoms with Gasteiger partial charge in [-0.15, -0.1) is 24.0 Å². The van der Waals surface area contributed by atoms with E-state index in [2.05, 4.69) is 20.9 Å². The third kappa shape index (κ3) is 8.66. The van der Waals surface area contributed by atoms with E-state index in [4.69, 9.17) is 0 Å². The minimum Gasteiger partial charge on any atom is -0.357 e. The SMILES string of the molecule is CCNC(=NCCCC(=O)NC1CC1)NC(C)c1cccc(C(F)(F)F)c1.I. The van der Waals surface area contributed by atoms with E-state index in [1.807, 2.05) is 6.92 Å². The largest absolute Gasteiger partial charge is 0.416 e. The minimum absolute atomic E-state index is 0. The van der Waals surface area contributed by atoms with E-state index in [-0.39, 0.29) is 35.9 Å². The Morgan fingerprint density at radius 2 is 2.04 bits per heavy atom. The first-order valence-electron chi connectivity index (χ1n) is 9.31. The van der Waals surface area contributed by atoms with Gasteiger partial charge in [0.1, 0.15) is 0 Å². The molecule has 1 aromatic carbocycles. The summed E-state index contributed by atoms with van der Waals surface area (Å²) < 4.78 is 38.6. The van der Waals surface area contributed by atoms with E-state index >= 15 is 0 Å². The summed E-state index contributed by atoms with van der Waals surface area (Å²) in [6.07, 6.45) is -1.21. The molecule has 28 heavy (non-hydrogen) atoms. The van der Waals surface area contributed by atoms with E-state index in [1.54, 1.807) is 13.0 Å². The van der Waals surface area contributed by atoms with Crippen molar-refractivity contribution in [2.75, 3.05) is 13.1 Å². The van der Waals surface area contributed by atoms with Crippen molar-refractivity contribution in [3.8, 4) is 0 Å². The number of carbonyl (C=O) groups is 1. The molecule has 1 fully saturated rings. The van der Waals surface area contributed by atoms with Crippen LogP contribution in [0.1, 0.15) is 56.7 Å². The lowest BCUT2D eigenvalue weighted by molar-refractivity contribution is -0.137. The van der Waals surface area contributed by atoms with Crippen molar-refractivity contribution in [1.29, 1.82) is 0 Å². The predicted molar refractivity (Wildman–Crippen MR) is 115 cm³/mol. The highest BCUT2D eigenvalue weighted by atomic mass is 127. The van der Waals surface area contributed by atoms with Gasteiger partial charge in [0.25, 0.3) is 0 Å². The molecule has 1 saturated carbocycles. The van der Waals surface area contributed by atoms with Crippen molar-refractivity contribution in [1.82, 2.24) is 16.0 Å². The zero-order chi connectivity index (χ0) is 19.9. The Balaban J connectivity index is 0.00000392. The van der Waals surface area contributed by atoms with Gasteiger partial charge in [-0.1, -0.05) is 12.1 Å². The number of hydrogen-bond acceptors (Lipinski definition) is 2. The second-order valence-electron chi connectivity index (χ2n) is 6.70. The van der Waals surface area contributed by atoms with E-state index in [1.165, 1.54) is 6.07 Å². The molecular formula is C19H28F3IN4O. The van der Waals surface area contributed by atoms with Crippen LogP contribution in [0, 0.1) is 0 Å². The second-order valence-corrected chi connectivity index (χ2v) is 6.70. The number of halogens is 4. The molecule has 3 N–H and O–H groups in total. The van der Waals surface area contributed by atoms with Crippen molar-refractivity contribution in [2.45, 2.75) is 57.8 Å². The maximum absolute atomic E-state index is 12.9. The highest BCUT2D eigenvalue weighted by Crippen LogP contribution is 2.30. The molecule has 0 aliphatic heterocycles. The summed E-state index contributed by atoms with van der Waals surface area (Å²) in [4.78, 5) is 16.1. The molecule has 1 amide bonds. The lowest BCUT2D eigenvalue weighted by atomic mass is 10.1. The van der Waals surface area contributed by atoms with Gasteiger partial charge in [-0.2, -0.15) is 13.2 Å². The molecule has 158 valence electrons. The zero-order valence-corrected chi connectivity index (χ0v) is 18.4. The molecule has 0 radical (unpaired) electrons. The Hall–Kier alpha value is -1.52. The van der Waals surface area contributed by atoms with Gasteiger partial charge in [-0.3, -0.25) is 9.79 Å². The van der Waals surface area contributed by atoms with E-state index in [9.17, 15) is 18.0 Å². The Morgan fingerprint density at radius 3 is 2.64 bits per heavy atom. The molecular weight excluding hydrogens is 484 g/mol. The van der Waals surface area contributed by atoms with Crippen molar-refractivity contribution < 1.29 is 18.0 Å². The Labute approximate surface area is 181 Å². The fraction of sp³-hybridized carbons (Fsp3) is 0.579. The maximum atomic E-state index is 12.9. The first kappa shape index (κ1) is 24.5. The summed E-state index contributed by atoms with van der Waals surface area (Å²) in [5.41, 5.74) is -0.142. The lowest BCUT2D eigenvalue weighted by Crippen LogP contribution is -2.39. The Bertz CT molecular complexity index is 663. The average Bonchev–Trinajstić information content (AvgIpc) is 3.42. The van der Waals surface area contributed by atoms with Gasteiger partial charge in [0.05, 0.1) is 11.6 Å². The number of rotatable bonds is 8. The van der Waals surface area contributed by atoms with Crippen LogP contribution in [0.4, 0.5) is 13.2 Å². The fourth-order valence-electron chi connectivity index (χ4n) is 2.55. The van der Waals surface area contributed by atoms with Gasteiger partial charge < -0.3 is 16.0 Å². The third-order valence-electron chi connectivity index (χ3n) is 4.19. The average molecular weight is 512 g/mol. The van der Waals surface area contributed by atoms with Gasteiger partial charge >= 0.3 is 6.18 Å². The molecule has 0 spiro atoms. The molecule has 1 atom stereocenters. The van der Waals surface area contributed by atoms with Gasteiger partial charge in [-0.25, -0.2) is 0 Å². The van der Waals surface area contributed by atoms with Crippen LogP contribution in [0.15, 0.2) is 29.3 Å². The molecule has 1 aromatic rings. The van der Waals surface area contributed by atoms with Crippen LogP contribution in [-0.2, 0) is 11.0 Å². The molecule has 5 nitrogen and oxygen atoms in total. The summed E-state index contributed by atoms with van der Waals surface area (Å²) >= 11 is 0. The smallest absolute Gasteiger partial charge is 0.357 e. The third-order valence-corrected chi connectivity index (χ3v) is 4.19. The Morgan fingerprint density at radius 1 is 1.32 bits per heavy atom. The van der Waals surface area contributed by atoms with Gasteiger partial charge in [-0.05, 0) is 50.8 Å². The molecule has 0 saturated heterocycles. The molecule has 2 rings (SSSR count). The second kappa shape index (κ2) is 11.5. The highest BCUT2D eigenvalue weighted by Gasteiger charge is 2.30. The maximum Gasteiger partial charge on any atom is 0.416 e. The molecule has 0 bridgehead atoms. The number of nitrogens with zero attached hydrogens (tertiary/aromatic N) is 1. The Kier molecular flexibility index (Phi) is 10.0. The number of aliphatic imine (C=N–C) groups is 1. The summed E-state index contributed by atoms with van der Waals surface area (Å²) in [6.45, 7) is 4.78. The molecule has 0 heterocycles. The monoisotopic (exact) mass is 512 g/mol. The molecule has 0 aromatic heterocycles. The van der Waals surface area contributed by atoms with Crippen LogP contribution in [0.3, 0.4) is 0 Å². The number of benzene rings is 1. The summed E-state index contributed by atoms with van der Waals surface area (Å²) in [5.74, 6) is 0.563. The number of hydrogen-bond donors (Lipinski definition) is 3. The normalized spacial score (nSPS) is 15.4. The van der Waals surface area contributed by atoms with Crippen LogP contribution >= 0.6 is 24.0 Å². The van der Waals surface area contributed by atoms with E-state index < -0.39 is 11.7 Å². The number of alkyl halides is 3. The highest BCUT2D eigenvalue weighted by molar-refractivity contribution is 14.0. The van der Waals surface area contributed by atoms with Crippen LogP contribution in [0.2, 0.25) is 0 Å². The van der Waals surface area contributed by atoms with Crippen LogP contribution in [0.5, 0.6) is 0 Å². The van der Waals surface area contributed by atoms with Gasteiger partial charge in [0, 0.05) is 25.6 Å². The molecule has 9 heteroatoms. The minimum atomic E-state index is -4.37. The molecule has 1 unspecified atom stereocenters. The van der Waals surface area contributed by atoms with Crippen molar-refractivity contribution in [2.24, 2.45) is 4.99 Å². The van der Waals surface area contributed by atoms with Crippen molar-refractivity contribution >= 4 is 35.8 Å². The number of carbonyl (C=O) groups excluding carboxylic acids is 1. The van der Waals surface area contributed by atoms with Crippen molar-refractivity contribution in [3.63, 3.8) is 0 Å². The quantitative estimate of drug-likeness (QED) is 0.214. The van der Waals surface area contributed by atoms with Crippen LogP contribution in [-0.4, -0.2) is 31.0 Å². The lowest BCUT2D eigenvalue weighted by Gasteiger charge is -2.19. The number of nitrogens with one attached hydrogen (secondary N) is 3. The number of guanidine groups is 1. The molecule has 1 aliphatic carbocycles. The zero-order valence-electron chi connectivity index (χ0n) is 16.1. The van der Waals surface area contributed by atoms with Gasteiger partial charge in [0.2, 0.25) is 5.91 Å². The number of amides is 1. The van der Waals surface area contributed by atoms with Crippen LogP contribution < -0.4 is 16.0 Å². The summed E-state index contributed by atoms with van der Waals surface area (Å²) in [6, 6.07) is 5.26. The summed E-state index contributed by atoms with van der Waals surface area (Å²) in [5, 5.41) is 9.12. The molecule has 1 aliphatic rings. The summed E-state index contributed by atoms with van der Waals surface area (Å²) in [7, 11) is 0.